The number of sulfonamides is 1. The van der Waals surface area contributed by atoms with Crippen molar-refractivity contribution < 1.29 is 37.3 Å². The zero-order chi connectivity index (χ0) is 26.6. The van der Waals surface area contributed by atoms with Crippen molar-refractivity contribution in [1.82, 2.24) is 9.21 Å². The maximum Gasteiger partial charge on any atom is 0.295 e. The monoisotopic (exact) mass is 530 g/mol. The molecule has 0 unspecified atom stereocenters. The number of Topliss-reactive ketones (excluding diaryl/α,β-unsaturated/α-hetero) is 1. The van der Waals surface area contributed by atoms with Crippen LogP contribution >= 0.6 is 0 Å². The molecule has 10 nitrogen and oxygen atoms in total. The van der Waals surface area contributed by atoms with Crippen molar-refractivity contribution in [1.29, 1.82) is 0 Å². The lowest BCUT2D eigenvalue weighted by Crippen LogP contribution is -2.40. The first kappa shape index (κ1) is 26.8. The van der Waals surface area contributed by atoms with E-state index in [1.165, 1.54) is 40.6 Å². The van der Waals surface area contributed by atoms with Crippen molar-refractivity contribution >= 4 is 27.5 Å². The highest BCUT2D eigenvalue weighted by Crippen LogP contribution is 2.40. The van der Waals surface area contributed by atoms with E-state index in [9.17, 15) is 23.1 Å². The van der Waals surface area contributed by atoms with Crippen LogP contribution in [0.15, 0.2) is 59.0 Å². The van der Waals surface area contributed by atoms with Crippen molar-refractivity contribution in [3.63, 3.8) is 0 Å². The van der Waals surface area contributed by atoms with Crippen LogP contribution < -0.4 is 4.74 Å². The molecular weight excluding hydrogens is 500 g/mol. The molecule has 2 aromatic rings. The fraction of sp³-hybridized carbons (Fsp3) is 0.385. The summed E-state index contributed by atoms with van der Waals surface area (Å²) in [7, 11) is -0.658. The average molecular weight is 531 g/mol. The Morgan fingerprint density at radius 1 is 1.08 bits per heavy atom. The Balaban J connectivity index is 1.73. The van der Waals surface area contributed by atoms with Gasteiger partial charge in [-0.1, -0.05) is 12.1 Å². The standard InChI is InChI=1S/C26H30N2O8S/c1-34-14-4-11-28-23(19-5-3-6-20(17-19)35-2)22(25(30)26(28)31)24(29)18-7-9-21(10-8-18)37(32,33)27-12-15-36-16-13-27/h3,5-10,17,23,29H,4,11-16H2,1-2H3/t23-/m0/s1. The third-order valence-corrected chi connectivity index (χ3v) is 8.35. The number of ketones is 1. The number of carbonyl (C=O) groups excluding carboxylic acids is 2. The number of methoxy groups -OCH3 is 2. The lowest BCUT2D eigenvalue weighted by Gasteiger charge is -2.26. The number of aliphatic hydroxyl groups is 1. The van der Waals surface area contributed by atoms with Crippen molar-refractivity contribution in [3.8, 4) is 5.75 Å². The Kier molecular flexibility index (Phi) is 8.28. The number of aliphatic hydroxyl groups excluding tert-OH is 1. The number of nitrogens with zero attached hydrogens (tertiary/aromatic N) is 2. The van der Waals surface area contributed by atoms with Gasteiger partial charge in [-0.25, -0.2) is 8.42 Å². The van der Waals surface area contributed by atoms with Crippen LogP contribution in [0.2, 0.25) is 0 Å². The van der Waals surface area contributed by atoms with Gasteiger partial charge in [0.2, 0.25) is 10.0 Å². The number of amides is 1. The largest absolute Gasteiger partial charge is 0.507 e. The summed E-state index contributed by atoms with van der Waals surface area (Å²) in [5.41, 5.74) is 0.757. The van der Waals surface area contributed by atoms with E-state index in [-0.39, 0.29) is 41.4 Å². The van der Waals surface area contributed by atoms with Gasteiger partial charge in [-0.2, -0.15) is 4.31 Å². The maximum absolute atomic E-state index is 13.1. The lowest BCUT2D eigenvalue weighted by atomic mass is 9.95. The Labute approximate surface area is 216 Å². The average Bonchev–Trinajstić information content (AvgIpc) is 3.18. The van der Waals surface area contributed by atoms with E-state index in [0.717, 1.165) is 0 Å². The molecule has 198 valence electrons. The van der Waals surface area contributed by atoms with E-state index in [4.69, 9.17) is 14.2 Å². The number of carbonyl (C=O) groups is 2. The lowest BCUT2D eigenvalue weighted by molar-refractivity contribution is -0.140. The highest BCUT2D eigenvalue weighted by Gasteiger charge is 2.46. The minimum absolute atomic E-state index is 0.0651. The third kappa shape index (κ3) is 5.40. The minimum atomic E-state index is -3.73. The second-order valence-electron chi connectivity index (χ2n) is 8.66. The molecule has 0 aromatic heterocycles. The van der Waals surface area contributed by atoms with E-state index in [1.54, 1.807) is 31.4 Å². The number of benzene rings is 2. The van der Waals surface area contributed by atoms with Gasteiger partial charge in [0.15, 0.2) is 0 Å². The van der Waals surface area contributed by atoms with Crippen molar-refractivity contribution in [3.05, 3.63) is 65.2 Å². The van der Waals surface area contributed by atoms with Gasteiger partial charge in [0.1, 0.15) is 11.5 Å². The number of likely N-dealkylation sites (tertiary alicyclic amines) is 1. The summed E-state index contributed by atoms with van der Waals surface area (Å²) in [5.74, 6) is -1.38. The van der Waals surface area contributed by atoms with Gasteiger partial charge in [-0.05, 0) is 48.4 Å². The van der Waals surface area contributed by atoms with E-state index in [2.05, 4.69) is 0 Å². The van der Waals surface area contributed by atoms with Gasteiger partial charge in [0, 0.05) is 38.9 Å². The molecule has 0 radical (unpaired) electrons. The third-order valence-electron chi connectivity index (χ3n) is 6.43. The molecule has 11 heteroatoms. The van der Waals surface area contributed by atoms with Gasteiger partial charge in [-0.3, -0.25) is 9.59 Å². The number of morpholine rings is 1. The van der Waals surface area contributed by atoms with Gasteiger partial charge in [-0.15, -0.1) is 0 Å². The molecule has 0 spiro atoms. The molecule has 4 rings (SSSR count). The molecule has 0 bridgehead atoms. The summed E-state index contributed by atoms with van der Waals surface area (Å²) in [5, 5.41) is 11.2. The van der Waals surface area contributed by atoms with E-state index in [1.807, 2.05) is 0 Å². The molecule has 2 saturated heterocycles. The Morgan fingerprint density at radius 3 is 2.43 bits per heavy atom. The molecule has 2 aliphatic rings. The predicted octanol–water partition coefficient (Wildman–Crippen LogP) is 2.17. The van der Waals surface area contributed by atoms with Crippen LogP contribution in [-0.4, -0.2) is 88.1 Å². The molecule has 2 aliphatic heterocycles. The van der Waals surface area contributed by atoms with Crippen LogP contribution in [0.1, 0.15) is 23.6 Å². The van der Waals surface area contributed by atoms with E-state index in [0.29, 0.717) is 37.6 Å². The molecule has 1 atom stereocenters. The summed E-state index contributed by atoms with van der Waals surface area (Å²) in [6.45, 7) is 1.81. The second kappa shape index (κ2) is 11.4. The Morgan fingerprint density at radius 2 is 1.78 bits per heavy atom. The Bertz CT molecular complexity index is 1280. The van der Waals surface area contributed by atoms with Crippen LogP contribution in [0.4, 0.5) is 0 Å². The smallest absolute Gasteiger partial charge is 0.295 e. The van der Waals surface area contributed by atoms with Gasteiger partial charge >= 0.3 is 0 Å². The van der Waals surface area contributed by atoms with E-state index < -0.39 is 27.8 Å². The van der Waals surface area contributed by atoms with E-state index >= 15 is 0 Å². The summed E-state index contributed by atoms with van der Waals surface area (Å²) in [6.07, 6.45) is 0.498. The van der Waals surface area contributed by atoms with Gasteiger partial charge < -0.3 is 24.2 Å². The molecule has 1 N–H and O–H groups in total. The van der Waals surface area contributed by atoms with Crippen LogP contribution in [0.5, 0.6) is 5.75 Å². The quantitative estimate of drug-likeness (QED) is 0.227. The van der Waals surface area contributed by atoms with Crippen molar-refractivity contribution in [2.75, 3.05) is 53.7 Å². The number of ether oxygens (including phenoxy) is 3. The summed E-state index contributed by atoms with van der Waals surface area (Å²) >= 11 is 0. The van der Waals surface area contributed by atoms with Crippen molar-refractivity contribution in [2.45, 2.75) is 17.4 Å². The van der Waals surface area contributed by atoms with Crippen LogP contribution in [-0.2, 0) is 29.1 Å². The highest BCUT2D eigenvalue weighted by molar-refractivity contribution is 7.89. The van der Waals surface area contributed by atoms with Gasteiger partial charge in [0.25, 0.3) is 11.7 Å². The molecule has 0 saturated carbocycles. The highest BCUT2D eigenvalue weighted by atomic mass is 32.2. The SMILES string of the molecule is COCCCN1C(=O)C(=O)C(=C(O)c2ccc(S(=O)(=O)N3CCOCC3)cc2)[C@@H]1c1cccc(OC)c1. The zero-order valence-electron chi connectivity index (χ0n) is 20.8. The summed E-state index contributed by atoms with van der Waals surface area (Å²) in [6, 6.07) is 11.8. The number of hydrogen-bond donors (Lipinski definition) is 1. The second-order valence-corrected chi connectivity index (χ2v) is 10.6. The fourth-order valence-corrected chi connectivity index (χ4v) is 5.93. The molecule has 2 aromatic carbocycles. The molecule has 2 heterocycles. The Hall–Kier alpha value is -3.25. The minimum Gasteiger partial charge on any atom is -0.507 e. The predicted molar refractivity (Wildman–Crippen MR) is 135 cm³/mol. The first-order valence-corrected chi connectivity index (χ1v) is 13.3. The summed E-state index contributed by atoms with van der Waals surface area (Å²) < 4.78 is 42.9. The van der Waals surface area contributed by atoms with Gasteiger partial charge in [0.05, 0.1) is 36.8 Å². The maximum atomic E-state index is 13.1. The number of hydrogen-bond acceptors (Lipinski definition) is 8. The number of rotatable bonds is 9. The topological polar surface area (TPSA) is 123 Å². The first-order valence-electron chi connectivity index (χ1n) is 11.9. The molecular formula is C26H30N2O8S. The fourth-order valence-electron chi connectivity index (χ4n) is 4.52. The summed E-state index contributed by atoms with van der Waals surface area (Å²) in [4.78, 5) is 27.6. The van der Waals surface area contributed by atoms with Crippen molar-refractivity contribution in [2.24, 2.45) is 0 Å². The van der Waals surface area contributed by atoms with Crippen LogP contribution in [0.3, 0.4) is 0 Å². The van der Waals surface area contributed by atoms with Crippen LogP contribution in [0.25, 0.3) is 5.76 Å². The first-order chi connectivity index (χ1) is 17.8. The van der Waals surface area contributed by atoms with Crippen LogP contribution in [0, 0.1) is 0 Å². The normalized spacial score (nSPS) is 20.4. The molecule has 0 aliphatic carbocycles. The molecule has 37 heavy (non-hydrogen) atoms. The molecule has 2 fully saturated rings. The zero-order valence-corrected chi connectivity index (χ0v) is 21.6. The molecule has 1 amide bonds.